The molecule has 0 aliphatic heterocycles. The molecular weight excluding hydrogens is 214 g/mol. The summed E-state index contributed by atoms with van der Waals surface area (Å²) in [6.45, 7) is 3.46. The molecule has 0 aliphatic rings. The van der Waals surface area contributed by atoms with Gasteiger partial charge in [-0.1, -0.05) is 17.7 Å². The molecule has 0 fully saturated rings. The van der Waals surface area contributed by atoms with Crippen molar-refractivity contribution in [1.29, 1.82) is 0 Å². The van der Waals surface area contributed by atoms with Gasteiger partial charge < -0.3 is 0 Å². The third kappa shape index (κ3) is 2.08. The Labute approximate surface area is 89.2 Å². The van der Waals surface area contributed by atoms with Crippen LogP contribution in [0.15, 0.2) is 24.1 Å². The zero-order valence-corrected chi connectivity index (χ0v) is 8.44. The van der Waals surface area contributed by atoms with Gasteiger partial charge in [-0.3, -0.25) is 10.1 Å². The standard InChI is InChI=1S/C8H7N5OS/c1-2-13-11-8(10-12-13)9-7(14)6-4-3-5-15-6/h2-5H,1H2,(H,9,11,14). The Morgan fingerprint density at radius 3 is 3.13 bits per heavy atom. The number of rotatable bonds is 3. The number of nitrogens with zero attached hydrogens (tertiary/aromatic N) is 4. The molecule has 0 saturated heterocycles. The first-order valence-corrected chi connectivity index (χ1v) is 4.94. The molecule has 1 N–H and O–H groups in total. The maximum atomic E-state index is 11.5. The summed E-state index contributed by atoms with van der Waals surface area (Å²) < 4.78 is 0. The summed E-state index contributed by atoms with van der Waals surface area (Å²) in [5.41, 5.74) is 0. The predicted molar refractivity (Wildman–Crippen MR) is 56.5 cm³/mol. The van der Waals surface area contributed by atoms with Crippen LogP contribution in [0.5, 0.6) is 0 Å². The van der Waals surface area contributed by atoms with Crippen LogP contribution in [0.1, 0.15) is 9.67 Å². The number of aromatic nitrogens is 4. The first-order chi connectivity index (χ1) is 7.29. The first kappa shape index (κ1) is 9.53. The molecule has 0 atom stereocenters. The minimum atomic E-state index is -0.242. The van der Waals surface area contributed by atoms with E-state index in [1.54, 1.807) is 12.1 Å². The molecule has 7 heteroatoms. The minimum Gasteiger partial charge on any atom is -0.287 e. The van der Waals surface area contributed by atoms with Crippen LogP contribution in [0.25, 0.3) is 6.20 Å². The summed E-state index contributed by atoms with van der Waals surface area (Å²) in [7, 11) is 0. The molecule has 2 aromatic heterocycles. The lowest BCUT2D eigenvalue weighted by atomic mass is 10.4. The average Bonchev–Trinajstić information content (AvgIpc) is 2.87. The Hall–Kier alpha value is -2.02. The van der Waals surface area contributed by atoms with Gasteiger partial charge in [0, 0.05) is 6.20 Å². The fourth-order valence-corrected chi connectivity index (χ4v) is 1.54. The van der Waals surface area contributed by atoms with Crippen molar-refractivity contribution in [2.24, 2.45) is 0 Å². The quantitative estimate of drug-likeness (QED) is 0.842. The smallest absolute Gasteiger partial charge is 0.270 e. The molecule has 15 heavy (non-hydrogen) atoms. The largest absolute Gasteiger partial charge is 0.287 e. The molecule has 0 bridgehead atoms. The molecule has 76 valence electrons. The van der Waals surface area contributed by atoms with Gasteiger partial charge >= 0.3 is 0 Å². The van der Waals surface area contributed by atoms with Gasteiger partial charge in [0.05, 0.1) is 4.88 Å². The maximum Gasteiger partial charge on any atom is 0.270 e. The van der Waals surface area contributed by atoms with Crippen LogP contribution in [-0.2, 0) is 0 Å². The molecule has 0 radical (unpaired) electrons. The van der Waals surface area contributed by atoms with Gasteiger partial charge in [-0.25, -0.2) is 0 Å². The highest BCUT2D eigenvalue weighted by Gasteiger charge is 2.09. The Balaban J connectivity index is 2.09. The van der Waals surface area contributed by atoms with Crippen molar-refractivity contribution in [3.8, 4) is 0 Å². The second-order valence-corrected chi connectivity index (χ2v) is 3.50. The van der Waals surface area contributed by atoms with Gasteiger partial charge in [-0.2, -0.15) is 0 Å². The Kier molecular flexibility index (Phi) is 2.55. The lowest BCUT2D eigenvalue weighted by Crippen LogP contribution is -2.11. The van der Waals surface area contributed by atoms with E-state index in [1.807, 2.05) is 5.38 Å². The number of carbonyl (C=O) groups excluding carboxylic acids is 1. The lowest BCUT2D eigenvalue weighted by molar-refractivity contribution is 0.102. The Morgan fingerprint density at radius 2 is 2.53 bits per heavy atom. The van der Waals surface area contributed by atoms with E-state index in [4.69, 9.17) is 0 Å². The summed E-state index contributed by atoms with van der Waals surface area (Å²) in [5, 5.41) is 15.4. The molecule has 0 aromatic carbocycles. The normalized spacial score (nSPS) is 9.87. The fraction of sp³-hybridized carbons (Fsp3) is 0. The highest BCUT2D eigenvalue weighted by atomic mass is 32.1. The van der Waals surface area contributed by atoms with E-state index in [0.29, 0.717) is 4.88 Å². The van der Waals surface area contributed by atoms with Crippen molar-refractivity contribution >= 4 is 29.4 Å². The summed E-state index contributed by atoms with van der Waals surface area (Å²) >= 11 is 1.35. The van der Waals surface area contributed by atoms with E-state index in [-0.39, 0.29) is 11.9 Å². The molecular formula is C8H7N5OS. The van der Waals surface area contributed by atoms with Crippen LogP contribution < -0.4 is 5.32 Å². The van der Waals surface area contributed by atoms with Crippen LogP contribution in [0, 0.1) is 0 Å². The number of thiophene rings is 1. The molecule has 1 amide bonds. The van der Waals surface area contributed by atoms with Crippen LogP contribution in [-0.4, -0.2) is 26.1 Å². The van der Waals surface area contributed by atoms with Gasteiger partial charge in [-0.15, -0.1) is 21.2 Å². The van der Waals surface area contributed by atoms with Gasteiger partial charge in [-0.05, 0) is 16.7 Å². The average molecular weight is 221 g/mol. The third-order valence-electron chi connectivity index (χ3n) is 1.56. The van der Waals surface area contributed by atoms with Gasteiger partial charge in [0.15, 0.2) is 0 Å². The number of hydrogen-bond donors (Lipinski definition) is 1. The molecule has 2 rings (SSSR count). The Bertz CT molecular complexity index is 475. The van der Waals surface area contributed by atoms with Gasteiger partial charge in [0.25, 0.3) is 11.9 Å². The van der Waals surface area contributed by atoms with Crippen molar-refractivity contribution in [2.75, 3.05) is 5.32 Å². The number of amides is 1. The van der Waals surface area contributed by atoms with E-state index < -0.39 is 0 Å². The van der Waals surface area contributed by atoms with E-state index in [1.165, 1.54) is 22.3 Å². The Morgan fingerprint density at radius 1 is 1.67 bits per heavy atom. The SMILES string of the molecule is C=Cn1nnc(NC(=O)c2cccs2)n1. The van der Waals surface area contributed by atoms with E-state index in [0.717, 1.165) is 0 Å². The number of nitrogens with one attached hydrogen (secondary N) is 1. The molecule has 6 nitrogen and oxygen atoms in total. The van der Waals surface area contributed by atoms with Crippen LogP contribution in [0.4, 0.5) is 5.95 Å². The second-order valence-electron chi connectivity index (χ2n) is 2.55. The summed E-state index contributed by atoms with van der Waals surface area (Å²) in [6.07, 6.45) is 1.38. The van der Waals surface area contributed by atoms with Crippen molar-refractivity contribution in [1.82, 2.24) is 20.2 Å². The van der Waals surface area contributed by atoms with Crippen molar-refractivity contribution in [3.63, 3.8) is 0 Å². The van der Waals surface area contributed by atoms with E-state index in [9.17, 15) is 4.79 Å². The first-order valence-electron chi connectivity index (χ1n) is 4.06. The number of tetrazole rings is 1. The third-order valence-corrected chi connectivity index (χ3v) is 2.43. The number of carbonyl (C=O) groups is 1. The zero-order valence-electron chi connectivity index (χ0n) is 7.62. The highest BCUT2D eigenvalue weighted by molar-refractivity contribution is 7.12. The number of anilines is 1. The van der Waals surface area contributed by atoms with Crippen molar-refractivity contribution < 1.29 is 4.79 Å². The minimum absolute atomic E-state index is 0.160. The van der Waals surface area contributed by atoms with Crippen LogP contribution in [0.3, 0.4) is 0 Å². The lowest BCUT2D eigenvalue weighted by Gasteiger charge is -1.95. The van der Waals surface area contributed by atoms with Gasteiger partial charge in [0.1, 0.15) is 0 Å². The molecule has 0 spiro atoms. The highest BCUT2D eigenvalue weighted by Crippen LogP contribution is 2.09. The van der Waals surface area contributed by atoms with E-state index >= 15 is 0 Å². The second kappa shape index (κ2) is 4.01. The van der Waals surface area contributed by atoms with E-state index in [2.05, 4.69) is 27.3 Å². The molecule has 0 unspecified atom stereocenters. The topological polar surface area (TPSA) is 72.7 Å². The van der Waals surface area contributed by atoms with Gasteiger partial charge in [0.2, 0.25) is 0 Å². The van der Waals surface area contributed by atoms with Crippen molar-refractivity contribution in [3.05, 3.63) is 29.0 Å². The zero-order chi connectivity index (χ0) is 10.7. The molecule has 2 aromatic rings. The summed E-state index contributed by atoms with van der Waals surface area (Å²) in [5.74, 6) is -0.0816. The monoisotopic (exact) mass is 221 g/mol. The predicted octanol–water partition coefficient (Wildman–Crippen LogP) is 1.09. The van der Waals surface area contributed by atoms with Crippen LogP contribution in [0.2, 0.25) is 0 Å². The summed E-state index contributed by atoms with van der Waals surface area (Å²) in [6, 6.07) is 3.52. The summed E-state index contributed by atoms with van der Waals surface area (Å²) in [4.78, 5) is 13.3. The molecule has 2 heterocycles. The fourth-order valence-electron chi connectivity index (χ4n) is 0.923. The van der Waals surface area contributed by atoms with Crippen LogP contribution >= 0.6 is 11.3 Å². The van der Waals surface area contributed by atoms with Crippen molar-refractivity contribution in [2.45, 2.75) is 0 Å². The number of hydrogen-bond acceptors (Lipinski definition) is 5. The maximum absolute atomic E-state index is 11.5. The molecule has 0 aliphatic carbocycles. The molecule has 0 saturated carbocycles.